The van der Waals surface area contributed by atoms with Crippen LogP contribution in [-0.4, -0.2) is 13.1 Å². The van der Waals surface area contributed by atoms with E-state index in [1.165, 1.54) is 23.8 Å². The zero-order valence-corrected chi connectivity index (χ0v) is 10.2. The quantitative estimate of drug-likeness (QED) is 0.729. The first kappa shape index (κ1) is 11.2. The van der Waals surface area contributed by atoms with E-state index in [0.29, 0.717) is 0 Å². The highest BCUT2D eigenvalue weighted by molar-refractivity contribution is 5.80. The molecule has 0 spiro atoms. The SMILES string of the molecule is COC(=O)C1(Cc2cc(C)ccc2C)CC1. The van der Waals surface area contributed by atoms with E-state index in [1.54, 1.807) is 0 Å². The second kappa shape index (κ2) is 3.93. The summed E-state index contributed by atoms with van der Waals surface area (Å²) in [5.41, 5.74) is 3.58. The summed E-state index contributed by atoms with van der Waals surface area (Å²) in [6, 6.07) is 6.41. The monoisotopic (exact) mass is 218 g/mol. The maximum Gasteiger partial charge on any atom is 0.312 e. The molecule has 0 aliphatic heterocycles. The Kier molecular flexibility index (Phi) is 2.75. The standard InChI is InChI=1S/C14H18O2/c1-10-4-5-11(2)12(8-10)9-14(6-7-14)13(15)16-3/h4-5,8H,6-7,9H2,1-3H3. The van der Waals surface area contributed by atoms with E-state index in [4.69, 9.17) is 4.74 Å². The molecule has 1 aromatic rings. The number of hydrogen-bond donors (Lipinski definition) is 0. The van der Waals surface area contributed by atoms with Gasteiger partial charge in [-0.15, -0.1) is 0 Å². The van der Waals surface area contributed by atoms with Crippen molar-refractivity contribution in [2.45, 2.75) is 33.1 Å². The first-order valence-electron chi connectivity index (χ1n) is 5.72. The van der Waals surface area contributed by atoms with E-state index in [1.807, 2.05) is 0 Å². The third kappa shape index (κ3) is 1.97. The van der Waals surface area contributed by atoms with Crippen molar-refractivity contribution < 1.29 is 9.53 Å². The number of methoxy groups -OCH3 is 1. The molecule has 0 aromatic heterocycles. The summed E-state index contributed by atoms with van der Waals surface area (Å²) in [5.74, 6) is -0.0478. The number of rotatable bonds is 3. The van der Waals surface area contributed by atoms with E-state index >= 15 is 0 Å². The van der Waals surface area contributed by atoms with Crippen LogP contribution in [0.5, 0.6) is 0 Å². The molecule has 86 valence electrons. The predicted octanol–water partition coefficient (Wildman–Crippen LogP) is 2.80. The second-order valence-electron chi connectivity index (χ2n) is 4.88. The summed E-state index contributed by atoms with van der Waals surface area (Å²) in [6.07, 6.45) is 2.76. The number of esters is 1. The Morgan fingerprint density at radius 1 is 1.38 bits per heavy atom. The van der Waals surface area contributed by atoms with Crippen LogP contribution >= 0.6 is 0 Å². The van der Waals surface area contributed by atoms with Crippen LogP contribution in [0, 0.1) is 19.3 Å². The lowest BCUT2D eigenvalue weighted by molar-refractivity contribution is -0.147. The highest BCUT2D eigenvalue weighted by Gasteiger charge is 2.50. The second-order valence-corrected chi connectivity index (χ2v) is 4.88. The lowest BCUT2D eigenvalue weighted by atomic mass is 9.92. The molecule has 0 bridgehead atoms. The molecular formula is C14H18O2. The minimum Gasteiger partial charge on any atom is -0.469 e. The van der Waals surface area contributed by atoms with Crippen molar-refractivity contribution in [2.75, 3.05) is 7.11 Å². The van der Waals surface area contributed by atoms with E-state index in [9.17, 15) is 4.79 Å². The largest absolute Gasteiger partial charge is 0.469 e. The summed E-state index contributed by atoms with van der Waals surface area (Å²) in [4.78, 5) is 11.7. The molecule has 0 amide bonds. The Balaban J connectivity index is 2.21. The number of carbonyl (C=O) groups is 1. The molecular weight excluding hydrogens is 200 g/mol. The summed E-state index contributed by atoms with van der Waals surface area (Å²) in [7, 11) is 1.48. The van der Waals surface area contributed by atoms with Gasteiger partial charge in [0, 0.05) is 0 Å². The van der Waals surface area contributed by atoms with Crippen molar-refractivity contribution in [2.24, 2.45) is 5.41 Å². The molecule has 0 unspecified atom stereocenters. The first-order chi connectivity index (χ1) is 7.57. The molecule has 0 saturated heterocycles. The van der Waals surface area contributed by atoms with Crippen molar-refractivity contribution in [1.29, 1.82) is 0 Å². The number of carbonyl (C=O) groups excluding carboxylic acids is 1. The molecule has 1 fully saturated rings. The fraction of sp³-hybridized carbons (Fsp3) is 0.500. The fourth-order valence-electron chi connectivity index (χ4n) is 2.18. The van der Waals surface area contributed by atoms with Gasteiger partial charge in [-0.1, -0.05) is 23.8 Å². The number of ether oxygens (including phenoxy) is 1. The van der Waals surface area contributed by atoms with Crippen LogP contribution in [0.3, 0.4) is 0 Å². The van der Waals surface area contributed by atoms with E-state index in [-0.39, 0.29) is 11.4 Å². The summed E-state index contributed by atoms with van der Waals surface area (Å²) < 4.78 is 4.88. The van der Waals surface area contributed by atoms with Crippen LogP contribution in [0.15, 0.2) is 18.2 Å². The van der Waals surface area contributed by atoms with Gasteiger partial charge in [-0.3, -0.25) is 4.79 Å². The number of benzene rings is 1. The predicted molar refractivity (Wildman–Crippen MR) is 63.3 cm³/mol. The molecule has 0 atom stereocenters. The van der Waals surface area contributed by atoms with Crippen LogP contribution in [0.2, 0.25) is 0 Å². The van der Waals surface area contributed by atoms with E-state index in [2.05, 4.69) is 32.0 Å². The van der Waals surface area contributed by atoms with Gasteiger partial charge in [-0.25, -0.2) is 0 Å². The molecule has 1 saturated carbocycles. The average Bonchev–Trinajstić information content (AvgIpc) is 3.03. The lowest BCUT2D eigenvalue weighted by Crippen LogP contribution is -2.20. The van der Waals surface area contributed by atoms with Gasteiger partial charge in [0.2, 0.25) is 0 Å². The van der Waals surface area contributed by atoms with Gasteiger partial charge >= 0.3 is 5.97 Å². The normalized spacial score (nSPS) is 16.9. The van der Waals surface area contributed by atoms with Crippen LogP contribution in [0.1, 0.15) is 29.5 Å². The third-order valence-electron chi connectivity index (χ3n) is 3.51. The van der Waals surface area contributed by atoms with Gasteiger partial charge < -0.3 is 4.74 Å². The van der Waals surface area contributed by atoms with Crippen molar-refractivity contribution in [1.82, 2.24) is 0 Å². The molecule has 1 aromatic carbocycles. The minimum atomic E-state index is -0.215. The van der Waals surface area contributed by atoms with Crippen LogP contribution in [0.25, 0.3) is 0 Å². The van der Waals surface area contributed by atoms with Gasteiger partial charge in [0.15, 0.2) is 0 Å². The van der Waals surface area contributed by atoms with Crippen molar-refractivity contribution in [3.8, 4) is 0 Å². The van der Waals surface area contributed by atoms with Crippen molar-refractivity contribution in [3.05, 3.63) is 34.9 Å². The number of aryl methyl sites for hydroxylation is 2. The molecule has 2 rings (SSSR count). The molecule has 0 heterocycles. The molecule has 0 N–H and O–H groups in total. The van der Waals surface area contributed by atoms with Crippen LogP contribution in [-0.2, 0) is 16.0 Å². The van der Waals surface area contributed by atoms with E-state index < -0.39 is 0 Å². The smallest absolute Gasteiger partial charge is 0.312 e. The summed E-state index contributed by atoms with van der Waals surface area (Å²) in [5, 5.41) is 0. The zero-order valence-electron chi connectivity index (χ0n) is 10.2. The first-order valence-corrected chi connectivity index (χ1v) is 5.72. The molecule has 1 aliphatic carbocycles. The fourth-order valence-corrected chi connectivity index (χ4v) is 2.18. The Labute approximate surface area is 96.6 Å². The summed E-state index contributed by atoms with van der Waals surface area (Å²) >= 11 is 0. The molecule has 16 heavy (non-hydrogen) atoms. The van der Waals surface area contributed by atoms with Gasteiger partial charge in [-0.05, 0) is 44.2 Å². The van der Waals surface area contributed by atoms with Crippen LogP contribution < -0.4 is 0 Å². The van der Waals surface area contributed by atoms with Gasteiger partial charge in [0.25, 0.3) is 0 Å². The van der Waals surface area contributed by atoms with E-state index in [0.717, 1.165) is 19.3 Å². The Bertz CT molecular complexity index is 417. The van der Waals surface area contributed by atoms with Crippen molar-refractivity contribution >= 4 is 5.97 Å². The summed E-state index contributed by atoms with van der Waals surface area (Å²) in [6.45, 7) is 4.18. The Hall–Kier alpha value is -1.31. The van der Waals surface area contributed by atoms with Crippen molar-refractivity contribution in [3.63, 3.8) is 0 Å². The maximum atomic E-state index is 11.7. The Morgan fingerprint density at radius 3 is 2.62 bits per heavy atom. The third-order valence-corrected chi connectivity index (χ3v) is 3.51. The van der Waals surface area contributed by atoms with Gasteiger partial charge in [-0.2, -0.15) is 0 Å². The van der Waals surface area contributed by atoms with Gasteiger partial charge in [0.1, 0.15) is 0 Å². The highest BCUT2D eigenvalue weighted by atomic mass is 16.5. The average molecular weight is 218 g/mol. The van der Waals surface area contributed by atoms with Gasteiger partial charge in [0.05, 0.1) is 12.5 Å². The molecule has 2 nitrogen and oxygen atoms in total. The highest BCUT2D eigenvalue weighted by Crippen LogP contribution is 2.49. The molecule has 1 aliphatic rings. The zero-order chi connectivity index (χ0) is 11.8. The molecule has 0 radical (unpaired) electrons. The minimum absolute atomic E-state index is 0.0478. The number of hydrogen-bond acceptors (Lipinski definition) is 2. The lowest BCUT2D eigenvalue weighted by Gasteiger charge is -2.14. The maximum absolute atomic E-state index is 11.7. The molecule has 2 heteroatoms. The topological polar surface area (TPSA) is 26.3 Å². The van der Waals surface area contributed by atoms with Crippen LogP contribution in [0.4, 0.5) is 0 Å². The Morgan fingerprint density at radius 2 is 2.06 bits per heavy atom.